The van der Waals surface area contributed by atoms with E-state index >= 15 is 0 Å². The van der Waals surface area contributed by atoms with E-state index in [4.69, 9.17) is 0 Å². The van der Waals surface area contributed by atoms with Gasteiger partial charge in [0, 0.05) is 44.2 Å². The van der Waals surface area contributed by atoms with Gasteiger partial charge in [0.25, 0.3) is 0 Å². The van der Waals surface area contributed by atoms with Crippen LogP contribution in [0.1, 0.15) is 95.0 Å². The molecule has 36 heavy (non-hydrogen) atoms. The van der Waals surface area contributed by atoms with Crippen molar-refractivity contribution in [1.82, 2.24) is 19.9 Å². The highest BCUT2D eigenvalue weighted by Crippen LogP contribution is 2.22. The summed E-state index contributed by atoms with van der Waals surface area (Å²) in [4.78, 5) is 15.1. The Bertz CT molecular complexity index is 1580. The van der Waals surface area contributed by atoms with Gasteiger partial charge in [-0.05, 0) is 122 Å². The van der Waals surface area contributed by atoms with Crippen molar-refractivity contribution in [2.24, 2.45) is 0 Å². The molecule has 4 N–H and O–H groups in total. The van der Waals surface area contributed by atoms with Gasteiger partial charge in [-0.2, -0.15) is 0 Å². The first kappa shape index (κ1) is 24.3. The van der Waals surface area contributed by atoms with E-state index in [1.807, 2.05) is 0 Å². The SMILES string of the molecule is CCc1c2[nH]c(c1C)/C=c1\[nH]/c(c(C)c1CC)=C\c1[nH]c(c(C)c1CC)/C=c1\[nH]/c(c(C)c1CC)=C\2. The smallest absolute Gasteiger partial charge is 0.0441 e. The van der Waals surface area contributed by atoms with Gasteiger partial charge in [-0.3, -0.25) is 0 Å². The molecule has 0 fully saturated rings. The summed E-state index contributed by atoms with van der Waals surface area (Å²) >= 11 is 0. The van der Waals surface area contributed by atoms with E-state index in [9.17, 15) is 0 Å². The van der Waals surface area contributed by atoms with Gasteiger partial charge in [0.2, 0.25) is 0 Å². The molecule has 0 unspecified atom stereocenters. The molecule has 4 nitrogen and oxygen atoms in total. The molecule has 0 saturated heterocycles. The molecule has 4 heteroatoms. The highest BCUT2D eigenvalue weighted by atomic mass is 14.8. The van der Waals surface area contributed by atoms with Crippen LogP contribution in [0, 0.1) is 27.7 Å². The molecule has 4 aromatic heterocycles. The first-order valence-corrected chi connectivity index (χ1v) is 13.6. The average molecular weight is 481 g/mol. The van der Waals surface area contributed by atoms with E-state index in [-0.39, 0.29) is 0 Å². The van der Waals surface area contributed by atoms with Gasteiger partial charge in [-0.15, -0.1) is 0 Å². The first-order valence-electron chi connectivity index (χ1n) is 13.6. The van der Waals surface area contributed by atoms with Crippen LogP contribution in [0.5, 0.6) is 0 Å². The van der Waals surface area contributed by atoms with Crippen LogP contribution in [0.3, 0.4) is 0 Å². The summed E-state index contributed by atoms with van der Waals surface area (Å²) in [6.45, 7) is 18.0. The number of aromatic nitrogens is 4. The lowest BCUT2D eigenvalue weighted by molar-refractivity contribution is 1.10. The van der Waals surface area contributed by atoms with E-state index in [0.29, 0.717) is 0 Å². The van der Waals surface area contributed by atoms with Crippen LogP contribution in [-0.2, 0) is 25.7 Å². The number of nitrogens with one attached hydrogen (secondary N) is 4. The minimum atomic E-state index is 0.995. The predicted molar refractivity (Wildman–Crippen MR) is 152 cm³/mol. The third kappa shape index (κ3) is 3.75. The average Bonchev–Trinajstić information content (AvgIpc) is 3.51. The van der Waals surface area contributed by atoms with Crippen molar-refractivity contribution < 1.29 is 0 Å². The van der Waals surface area contributed by atoms with Gasteiger partial charge >= 0.3 is 0 Å². The van der Waals surface area contributed by atoms with Crippen molar-refractivity contribution in [1.29, 1.82) is 0 Å². The van der Waals surface area contributed by atoms with Gasteiger partial charge in [0.15, 0.2) is 0 Å². The maximum atomic E-state index is 3.77. The molecule has 0 aliphatic carbocycles. The molecule has 5 rings (SSSR count). The molecule has 188 valence electrons. The van der Waals surface area contributed by atoms with Crippen molar-refractivity contribution >= 4 is 24.3 Å². The summed E-state index contributed by atoms with van der Waals surface area (Å²) < 4.78 is 0. The van der Waals surface area contributed by atoms with Crippen molar-refractivity contribution in [3.63, 3.8) is 0 Å². The first-order chi connectivity index (χ1) is 17.3. The maximum Gasteiger partial charge on any atom is 0.0441 e. The Labute approximate surface area is 214 Å². The molecule has 1 aliphatic rings. The van der Waals surface area contributed by atoms with Gasteiger partial charge in [0.05, 0.1) is 0 Å². The maximum absolute atomic E-state index is 3.77. The van der Waals surface area contributed by atoms with E-state index in [1.165, 1.54) is 88.7 Å². The zero-order valence-corrected chi connectivity index (χ0v) is 23.1. The van der Waals surface area contributed by atoms with Crippen LogP contribution < -0.4 is 21.4 Å². The summed E-state index contributed by atoms with van der Waals surface area (Å²) in [5.41, 5.74) is 15.6. The van der Waals surface area contributed by atoms with Crippen LogP contribution >= 0.6 is 0 Å². The highest BCUT2D eigenvalue weighted by molar-refractivity contribution is 5.65. The molecule has 8 bridgehead atoms. The summed E-state index contributed by atoms with van der Waals surface area (Å²) in [5, 5.41) is 4.77. The van der Waals surface area contributed by atoms with E-state index in [2.05, 4.69) is 99.6 Å². The third-order valence-corrected chi connectivity index (χ3v) is 8.37. The van der Waals surface area contributed by atoms with E-state index in [0.717, 1.165) is 25.7 Å². The zero-order valence-electron chi connectivity index (χ0n) is 23.1. The number of hydrogen-bond acceptors (Lipinski definition) is 0. The summed E-state index contributed by atoms with van der Waals surface area (Å²) in [5.74, 6) is 0. The molecule has 0 aromatic carbocycles. The Kier molecular flexibility index (Phi) is 6.23. The van der Waals surface area contributed by atoms with Crippen molar-refractivity contribution in [3.8, 4) is 0 Å². The fourth-order valence-corrected chi connectivity index (χ4v) is 6.19. The number of hydrogen-bond donors (Lipinski definition) is 4. The standard InChI is InChI=1S/C32H40N4/c1-9-21-17(5)25-14-30-23(11-3)19(7)27(35-30)16-32-24(12-4)20(8)28(36-32)15-31-22(10-2)18(6)26(34-31)13-29(21)33-25/h13-16,33-36H,9-12H2,1-8H3/b25-14-,26-13?,27-16?,28-15-,29-13-,30-14?,31-15?,32-16-. The Morgan fingerprint density at radius 1 is 0.389 bits per heavy atom. The van der Waals surface area contributed by atoms with Crippen LogP contribution in [0.2, 0.25) is 0 Å². The molecular weight excluding hydrogens is 440 g/mol. The van der Waals surface area contributed by atoms with Crippen LogP contribution in [-0.4, -0.2) is 19.9 Å². The normalized spacial score (nSPS) is 16.4. The minimum Gasteiger partial charge on any atom is -0.355 e. The molecular formula is C32H40N4. The number of rotatable bonds is 4. The molecule has 0 saturated carbocycles. The molecule has 0 amide bonds. The lowest BCUT2D eigenvalue weighted by atomic mass is 10.0. The lowest BCUT2D eigenvalue weighted by Gasteiger charge is -1.98. The molecule has 1 aliphatic heterocycles. The van der Waals surface area contributed by atoms with Crippen LogP contribution in [0.15, 0.2) is 0 Å². The largest absolute Gasteiger partial charge is 0.355 e. The van der Waals surface area contributed by atoms with Gasteiger partial charge in [-0.25, -0.2) is 0 Å². The second-order valence-corrected chi connectivity index (χ2v) is 10.2. The molecule has 4 aromatic rings. The minimum absolute atomic E-state index is 0.995. The number of H-pyrrole nitrogens is 4. The highest BCUT2D eigenvalue weighted by Gasteiger charge is 2.15. The van der Waals surface area contributed by atoms with Gasteiger partial charge in [0.1, 0.15) is 0 Å². The van der Waals surface area contributed by atoms with Crippen LogP contribution in [0.25, 0.3) is 24.3 Å². The second kappa shape index (κ2) is 9.24. The quantitative estimate of drug-likeness (QED) is 0.299. The fraction of sp³-hybridized carbons (Fsp3) is 0.375. The Balaban J connectivity index is 1.96. The monoisotopic (exact) mass is 480 g/mol. The van der Waals surface area contributed by atoms with Crippen molar-refractivity contribution in [3.05, 3.63) is 88.7 Å². The van der Waals surface area contributed by atoms with Gasteiger partial charge < -0.3 is 19.9 Å². The molecule has 0 radical (unpaired) electrons. The Morgan fingerprint density at radius 2 is 0.722 bits per heavy atom. The third-order valence-electron chi connectivity index (χ3n) is 8.37. The van der Waals surface area contributed by atoms with Crippen LogP contribution in [0.4, 0.5) is 0 Å². The predicted octanol–water partition coefficient (Wildman–Crippen LogP) is 4.11. The molecule has 5 heterocycles. The number of fused-ring (bicyclic) bond motifs is 8. The fourth-order valence-electron chi connectivity index (χ4n) is 6.19. The number of aromatic amines is 4. The lowest BCUT2D eigenvalue weighted by Crippen LogP contribution is -2.13. The van der Waals surface area contributed by atoms with Crippen molar-refractivity contribution in [2.75, 3.05) is 0 Å². The molecule has 0 spiro atoms. The Hall–Kier alpha value is -3.40. The van der Waals surface area contributed by atoms with Gasteiger partial charge in [-0.1, -0.05) is 27.7 Å². The van der Waals surface area contributed by atoms with E-state index in [1.54, 1.807) is 0 Å². The summed E-state index contributed by atoms with van der Waals surface area (Å²) in [6.07, 6.45) is 13.2. The zero-order chi connectivity index (χ0) is 25.7. The summed E-state index contributed by atoms with van der Waals surface area (Å²) in [6, 6.07) is 0. The van der Waals surface area contributed by atoms with Crippen molar-refractivity contribution in [2.45, 2.75) is 81.1 Å². The second-order valence-electron chi connectivity index (χ2n) is 10.2. The summed E-state index contributed by atoms with van der Waals surface area (Å²) in [7, 11) is 0. The topological polar surface area (TPSA) is 63.2 Å². The Morgan fingerprint density at radius 3 is 1.06 bits per heavy atom. The molecule has 0 atom stereocenters. The van der Waals surface area contributed by atoms with E-state index < -0.39 is 0 Å².